The van der Waals surface area contributed by atoms with E-state index in [0.717, 1.165) is 38.2 Å². The van der Waals surface area contributed by atoms with E-state index < -0.39 is 11.0 Å². The largest absolute Gasteiger partial charge is 0.340 e. The van der Waals surface area contributed by atoms with Gasteiger partial charge in [-0.3, -0.25) is 24.6 Å². The average molecular weight is 446 g/mol. The van der Waals surface area contributed by atoms with Gasteiger partial charge >= 0.3 is 0 Å². The van der Waals surface area contributed by atoms with Gasteiger partial charge in [-0.1, -0.05) is 26.0 Å². The molecule has 2 unspecified atom stereocenters. The molecule has 2 saturated heterocycles. The van der Waals surface area contributed by atoms with E-state index in [-0.39, 0.29) is 23.5 Å². The summed E-state index contributed by atoms with van der Waals surface area (Å²) < 4.78 is 0. The van der Waals surface area contributed by atoms with Crippen molar-refractivity contribution in [3.05, 3.63) is 39.9 Å². The van der Waals surface area contributed by atoms with E-state index in [4.69, 9.17) is 0 Å². The van der Waals surface area contributed by atoms with Crippen LogP contribution in [-0.2, 0) is 16.1 Å². The first-order chi connectivity index (χ1) is 15.3. The minimum Gasteiger partial charge on any atom is -0.340 e. The Balaban J connectivity index is 1.76. The Morgan fingerprint density at radius 1 is 1.22 bits per heavy atom. The number of nitrogens with zero attached hydrogens (tertiary/aromatic N) is 4. The third kappa shape index (κ3) is 6.04. The van der Waals surface area contributed by atoms with Crippen LogP contribution in [0.5, 0.6) is 0 Å². The fourth-order valence-corrected chi connectivity index (χ4v) is 4.71. The summed E-state index contributed by atoms with van der Waals surface area (Å²) in [6.45, 7) is 10.9. The van der Waals surface area contributed by atoms with E-state index in [1.807, 2.05) is 4.90 Å². The number of rotatable bonds is 7. The minimum atomic E-state index is -0.429. The Bertz CT molecular complexity index is 805. The van der Waals surface area contributed by atoms with E-state index >= 15 is 0 Å². The van der Waals surface area contributed by atoms with Crippen molar-refractivity contribution < 1.29 is 14.5 Å². The molecule has 2 aliphatic rings. The highest BCUT2D eigenvalue weighted by molar-refractivity contribution is 5.87. The molecule has 1 aromatic carbocycles. The number of benzene rings is 1. The molecule has 176 valence electrons. The predicted octanol–water partition coefficient (Wildman–Crippen LogP) is 1.86. The molecular formula is C23H35N5O4. The maximum atomic E-state index is 13.3. The maximum absolute atomic E-state index is 13.3. The molecule has 1 aromatic rings. The number of likely N-dealkylation sites (tertiary alicyclic amines) is 1. The normalized spacial score (nSPS) is 21.8. The van der Waals surface area contributed by atoms with Crippen LogP contribution in [0, 0.1) is 16.0 Å². The highest BCUT2D eigenvalue weighted by Gasteiger charge is 2.42. The lowest BCUT2D eigenvalue weighted by molar-refractivity contribution is -0.384. The van der Waals surface area contributed by atoms with Gasteiger partial charge in [-0.25, -0.2) is 0 Å². The molecule has 0 spiro atoms. The highest BCUT2D eigenvalue weighted by atomic mass is 16.6. The van der Waals surface area contributed by atoms with E-state index in [1.54, 1.807) is 17.0 Å². The van der Waals surface area contributed by atoms with Gasteiger partial charge in [0.1, 0.15) is 6.04 Å². The maximum Gasteiger partial charge on any atom is 0.269 e. The molecule has 0 aliphatic carbocycles. The van der Waals surface area contributed by atoms with Crippen molar-refractivity contribution in [3.8, 4) is 0 Å². The second-order valence-electron chi connectivity index (χ2n) is 9.25. The fraction of sp³-hybridized carbons (Fsp3) is 0.652. The predicted molar refractivity (Wildman–Crippen MR) is 122 cm³/mol. The van der Waals surface area contributed by atoms with E-state index in [2.05, 4.69) is 24.1 Å². The van der Waals surface area contributed by atoms with Crippen LogP contribution in [-0.4, -0.2) is 82.8 Å². The molecule has 2 aliphatic heterocycles. The van der Waals surface area contributed by atoms with Crippen molar-refractivity contribution in [2.75, 3.05) is 39.3 Å². The summed E-state index contributed by atoms with van der Waals surface area (Å²) in [5, 5.41) is 14.3. The highest BCUT2D eigenvalue weighted by Crippen LogP contribution is 2.27. The van der Waals surface area contributed by atoms with Gasteiger partial charge in [0.25, 0.3) is 5.69 Å². The van der Waals surface area contributed by atoms with Crippen LogP contribution < -0.4 is 5.32 Å². The number of nitro groups is 1. The molecule has 2 amide bonds. The number of amides is 2. The van der Waals surface area contributed by atoms with Crippen molar-refractivity contribution in [1.29, 1.82) is 0 Å². The SMILES string of the molecule is CC(=O)N1CC(N(Cc2ccc([N+](=O)[O-])cc2)CC(C)C)CC1C(=O)N1CCCNCC1. The summed E-state index contributed by atoms with van der Waals surface area (Å²) in [4.78, 5) is 42.3. The smallest absolute Gasteiger partial charge is 0.269 e. The molecule has 0 bridgehead atoms. The van der Waals surface area contributed by atoms with Gasteiger partial charge in [0.2, 0.25) is 11.8 Å². The van der Waals surface area contributed by atoms with E-state index in [1.165, 1.54) is 19.1 Å². The second-order valence-corrected chi connectivity index (χ2v) is 9.25. The van der Waals surface area contributed by atoms with Gasteiger partial charge in [-0.15, -0.1) is 0 Å². The number of non-ortho nitro benzene ring substituents is 1. The molecule has 2 heterocycles. The van der Waals surface area contributed by atoms with Crippen LogP contribution >= 0.6 is 0 Å². The summed E-state index contributed by atoms with van der Waals surface area (Å²) in [7, 11) is 0. The minimum absolute atomic E-state index is 0.0474. The van der Waals surface area contributed by atoms with Gasteiger partial charge in [-0.05, 0) is 30.9 Å². The molecule has 32 heavy (non-hydrogen) atoms. The van der Waals surface area contributed by atoms with E-state index in [9.17, 15) is 19.7 Å². The van der Waals surface area contributed by atoms with Crippen molar-refractivity contribution in [2.45, 2.75) is 52.2 Å². The number of carbonyl (C=O) groups is 2. The van der Waals surface area contributed by atoms with Crippen LogP contribution in [0.25, 0.3) is 0 Å². The Labute approximate surface area is 189 Å². The molecule has 1 N–H and O–H groups in total. The molecule has 9 nitrogen and oxygen atoms in total. The first-order valence-electron chi connectivity index (χ1n) is 11.5. The van der Waals surface area contributed by atoms with Gasteiger partial charge in [-0.2, -0.15) is 0 Å². The lowest BCUT2D eigenvalue weighted by Crippen LogP contribution is -2.48. The van der Waals surface area contributed by atoms with Gasteiger partial charge < -0.3 is 15.1 Å². The lowest BCUT2D eigenvalue weighted by Gasteiger charge is -2.30. The van der Waals surface area contributed by atoms with Gasteiger partial charge in [0.05, 0.1) is 4.92 Å². The molecule has 0 saturated carbocycles. The van der Waals surface area contributed by atoms with Gasteiger partial charge in [0, 0.05) is 64.4 Å². The number of carbonyl (C=O) groups excluding carboxylic acids is 2. The summed E-state index contributed by atoms with van der Waals surface area (Å²) in [5.41, 5.74) is 1.06. The first-order valence-corrected chi connectivity index (χ1v) is 11.5. The van der Waals surface area contributed by atoms with Crippen molar-refractivity contribution >= 4 is 17.5 Å². The number of nitro benzene ring substituents is 1. The molecule has 2 fully saturated rings. The van der Waals surface area contributed by atoms with Crippen LogP contribution in [0.1, 0.15) is 39.2 Å². The standard InChI is InChI=1S/C23H35N5O4/c1-17(2)14-26(15-19-5-7-20(8-6-19)28(31)32)21-13-22(27(16-21)18(3)29)23(30)25-11-4-9-24-10-12-25/h5-8,17,21-22,24H,4,9-16H2,1-3H3. The molecule has 0 aromatic heterocycles. The fourth-order valence-electron chi connectivity index (χ4n) is 4.71. The zero-order valence-corrected chi connectivity index (χ0v) is 19.3. The number of hydrogen-bond donors (Lipinski definition) is 1. The molecular weight excluding hydrogens is 410 g/mol. The molecule has 0 radical (unpaired) electrons. The van der Waals surface area contributed by atoms with Crippen LogP contribution in [0.4, 0.5) is 5.69 Å². The summed E-state index contributed by atoms with van der Waals surface area (Å²) >= 11 is 0. The summed E-state index contributed by atoms with van der Waals surface area (Å²) in [6, 6.07) is 6.27. The van der Waals surface area contributed by atoms with Crippen LogP contribution in [0.15, 0.2) is 24.3 Å². The molecule has 9 heteroatoms. The summed E-state index contributed by atoms with van der Waals surface area (Å²) in [5.74, 6) is 0.384. The molecule has 3 rings (SSSR count). The average Bonchev–Trinajstić information content (AvgIpc) is 3.02. The Hall–Kier alpha value is -2.52. The van der Waals surface area contributed by atoms with Crippen LogP contribution in [0.3, 0.4) is 0 Å². The third-order valence-corrected chi connectivity index (χ3v) is 6.27. The van der Waals surface area contributed by atoms with Crippen LogP contribution in [0.2, 0.25) is 0 Å². The van der Waals surface area contributed by atoms with Crippen molar-refractivity contribution in [2.24, 2.45) is 5.92 Å². The summed E-state index contributed by atoms with van der Waals surface area (Å²) in [6.07, 6.45) is 1.53. The monoisotopic (exact) mass is 445 g/mol. The zero-order valence-electron chi connectivity index (χ0n) is 19.3. The Morgan fingerprint density at radius 3 is 2.56 bits per heavy atom. The Kier molecular flexibility index (Phi) is 8.20. The Morgan fingerprint density at radius 2 is 1.94 bits per heavy atom. The zero-order chi connectivity index (χ0) is 23.3. The van der Waals surface area contributed by atoms with Gasteiger partial charge in [0.15, 0.2) is 0 Å². The first kappa shape index (κ1) is 24.1. The number of hydrogen-bond acceptors (Lipinski definition) is 6. The van der Waals surface area contributed by atoms with Crippen molar-refractivity contribution in [1.82, 2.24) is 20.0 Å². The lowest BCUT2D eigenvalue weighted by atomic mass is 10.1. The number of nitrogens with one attached hydrogen (secondary N) is 1. The van der Waals surface area contributed by atoms with Crippen molar-refractivity contribution in [3.63, 3.8) is 0 Å². The third-order valence-electron chi connectivity index (χ3n) is 6.27. The topological polar surface area (TPSA) is 99.0 Å². The van der Waals surface area contributed by atoms with E-state index in [0.29, 0.717) is 32.0 Å². The second kappa shape index (κ2) is 10.9. The quantitative estimate of drug-likeness (QED) is 0.508. The molecule has 2 atom stereocenters.